The van der Waals surface area contributed by atoms with E-state index in [9.17, 15) is 39.6 Å². The summed E-state index contributed by atoms with van der Waals surface area (Å²) in [5, 5.41) is 95.9. The molecular weight excluding hydrogens is 1110 g/mol. The molecule has 10 unspecified atom stereocenters. The van der Waals surface area contributed by atoms with Crippen molar-refractivity contribution in [1.82, 2.24) is 85.1 Å². The Morgan fingerprint density at radius 3 is 1.02 bits per heavy atom. The number of carbonyl (C=O) groups excluding carboxylic acids is 4. The molecule has 30 heteroatoms. The van der Waals surface area contributed by atoms with Crippen molar-refractivity contribution in [2.45, 2.75) is 170 Å². The van der Waals surface area contributed by atoms with Gasteiger partial charge in [-0.05, 0) is 240 Å². The highest BCUT2D eigenvalue weighted by molar-refractivity contribution is 5.76. The normalized spacial score (nSPS) is 22.0. The van der Waals surface area contributed by atoms with Crippen LogP contribution in [0.1, 0.15) is 109 Å². The van der Waals surface area contributed by atoms with E-state index in [1.807, 2.05) is 0 Å². The van der Waals surface area contributed by atoms with Gasteiger partial charge in [0.15, 0.2) is 6.29 Å². The number of hydrogen-bond acceptors (Lipinski definition) is 22. The van der Waals surface area contributed by atoms with Gasteiger partial charge in [-0.1, -0.05) is 0 Å². The van der Waals surface area contributed by atoms with Gasteiger partial charge in [0, 0.05) is 32.7 Å². The van der Waals surface area contributed by atoms with Crippen LogP contribution in [0.15, 0.2) is 0 Å². The zero-order valence-corrected chi connectivity index (χ0v) is 52.0. The SMILES string of the molecule is NCCCNCCCCNCCCNC(=O)NCC1OC(OC2C(NC(=O)NCCCNCCCCNCCCN)CC(NC(=O)NCCCNCCCCNCCCN)C(O)C2O)C(NC(=O)NCCCNCCCCNCCCN)C(O)C1O. The molecule has 506 valence electrons. The maximum atomic E-state index is 13.6. The van der Waals surface area contributed by atoms with E-state index in [1.54, 1.807) is 0 Å². The van der Waals surface area contributed by atoms with Gasteiger partial charge >= 0.3 is 24.1 Å². The molecule has 30 nitrogen and oxygen atoms in total. The molecule has 86 heavy (non-hydrogen) atoms. The van der Waals surface area contributed by atoms with Crippen LogP contribution in [0.5, 0.6) is 0 Å². The molecule has 0 aromatic rings. The lowest BCUT2D eigenvalue weighted by Crippen LogP contribution is -2.70. The number of rotatable bonds is 55. The van der Waals surface area contributed by atoms with Crippen molar-refractivity contribution in [3.8, 4) is 0 Å². The number of urea groups is 4. The predicted molar refractivity (Wildman–Crippen MR) is 338 cm³/mol. The van der Waals surface area contributed by atoms with Crippen molar-refractivity contribution in [1.29, 1.82) is 0 Å². The third-order valence-corrected chi connectivity index (χ3v) is 14.7. The monoisotopic (exact) mass is 1230 g/mol. The number of carbonyl (C=O) groups is 4. The van der Waals surface area contributed by atoms with Crippen LogP contribution in [-0.4, -0.2) is 269 Å². The van der Waals surface area contributed by atoms with E-state index in [0.717, 1.165) is 156 Å². The summed E-state index contributed by atoms with van der Waals surface area (Å²) in [6.45, 7) is 16.8. The highest BCUT2D eigenvalue weighted by atomic mass is 16.7. The van der Waals surface area contributed by atoms with E-state index in [1.165, 1.54) is 0 Å². The smallest absolute Gasteiger partial charge is 0.315 e. The van der Waals surface area contributed by atoms with E-state index < -0.39 is 85.2 Å². The van der Waals surface area contributed by atoms with Crippen molar-refractivity contribution >= 4 is 24.1 Å². The summed E-state index contributed by atoms with van der Waals surface area (Å²) in [6.07, 6.45) is 3.00. The molecule has 0 spiro atoms. The molecule has 1 saturated carbocycles. The maximum Gasteiger partial charge on any atom is 0.315 e. The Bertz CT molecular complexity index is 1650. The van der Waals surface area contributed by atoms with Crippen LogP contribution in [-0.2, 0) is 9.47 Å². The summed E-state index contributed by atoms with van der Waals surface area (Å²) in [7, 11) is 0. The molecule has 1 saturated heterocycles. The summed E-state index contributed by atoms with van der Waals surface area (Å²) in [4.78, 5) is 53.4. The molecule has 0 aromatic carbocycles. The number of nitrogens with two attached hydrogens (primary N) is 4. The fraction of sp³-hybridized carbons (Fsp3) is 0.929. The van der Waals surface area contributed by atoms with Crippen LogP contribution in [0.3, 0.4) is 0 Å². The third-order valence-electron chi connectivity index (χ3n) is 14.7. The molecule has 0 bridgehead atoms. The molecule has 1 aliphatic carbocycles. The van der Waals surface area contributed by atoms with Crippen molar-refractivity contribution in [3.05, 3.63) is 0 Å². The average Bonchev–Trinajstić information content (AvgIpc) is 3.34. The zero-order chi connectivity index (χ0) is 62.5. The lowest BCUT2D eigenvalue weighted by Gasteiger charge is -2.48. The first-order valence-corrected chi connectivity index (χ1v) is 32.6. The van der Waals surface area contributed by atoms with Crippen LogP contribution in [0, 0.1) is 0 Å². The number of nitrogens with one attached hydrogen (secondary N) is 16. The van der Waals surface area contributed by atoms with Gasteiger partial charge in [0.1, 0.15) is 42.7 Å². The molecular formula is C56H122N20O10. The first kappa shape index (κ1) is 78.5. The molecule has 1 heterocycles. The predicted octanol–water partition coefficient (Wildman–Crippen LogP) is -4.96. The summed E-state index contributed by atoms with van der Waals surface area (Å²) in [5.41, 5.74) is 22.2. The number of unbranched alkanes of at least 4 members (excludes halogenated alkanes) is 4. The third kappa shape index (κ3) is 39.4. The first-order valence-electron chi connectivity index (χ1n) is 32.6. The Hall–Kier alpha value is -3.64. The molecule has 2 fully saturated rings. The molecule has 0 radical (unpaired) electrons. The molecule has 10 atom stereocenters. The molecule has 28 N–H and O–H groups in total. The largest absolute Gasteiger partial charge is 0.388 e. The Kier molecular flexibility index (Phi) is 49.5. The lowest BCUT2D eigenvalue weighted by molar-refractivity contribution is -0.292. The highest BCUT2D eigenvalue weighted by Crippen LogP contribution is 2.29. The van der Waals surface area contributed by atoms with Gasteiger partial charge in [0.05, 0.1) is 12.1 Å². The summed E-state index contributed by atoms with van der Waals surface area (Å²) < 4.78 is 12.7. The van der Waals surface area contributed by atoms with E-state index in [-0.39, 0.29) is 19.5 Å². The Labute approximate surface area is 513 Å². The molecule has 2 aliphatic rings. The zero-order valence-electron chi connectivity index (χ0n) is 52.0. The van der Waals surface area contributed by atoms with Gasteiger partial charge in [-0.3, -0.25) is 0 Å². The summed E-state index contributed by atoms with van der Waals surface area (Å²) in [6, 6.07) is -6.10. The summed E-state index contributed by atoms with van der Waals surface area (Å²) >= 11 is 0. The quantitative estimate of drug-likeness (QED) is 0.0254. The fourth-order valence-corrected chi connectivity index (χ4v) is 9.67. The molecule has 8 amide bonds. The van der Waals surface area contributed by atoms with Gasteiger partial charge < -0.3 is 138 Å². The standard InChI is InChI=1S/C56H122N20O10/c57-17-9-29-61-21-1-5-25-65-33-13-37-69-53(81)73-42-45-48(78)49(79)46(76-56(84)72-40-16-36-68-28-8-4-24-64-32-12-20-60)52(85-45)86-51-44(75-55(83)71-39-15-35-67-27-7-3-23-63-31-11-19-59)41-43(47(77)50(51)80)74-54(82)70-38-14-34-66-26-6-2-22-62-30-10-18-58/h43-52,61-68,77-80H,1-42,57-60H2,(H2,69,73,81)(H2,70,74,82)(H2,71,75,83)(H2,72,76,84). The van der Waals surface area contributed by atoms with Crippen LogP contribution < -0.4 is 108 Å². The summed E-state index contributed by atoms with van der Waals surface area (Å²) in [5.74, 6) is 0. The Morgan fingerprint density at radius 1 is 0.349 bits per heavy atom. The number of aliphatic hydroxyl groups excluding tert-OH is 4. The minimum atomic E-state index is -1.78. The number of amides is 8. The Morgan fingerprint density at radius 2 is 0.663 bits per heavy atom. The minimum Gasteiger partial charge on any atom is -0.388 e. The second kappa shape index (κ2) is 54.3. The second-order valence-corrected chi connectivity index (χ2v) is 22.2. The van der Waals surface area contributed by atoms with Crippen LogP contribution in [0.4, 0.5) is 19.2 Å². The average molecular weight is 1240 g/mol. The van der Waals surface area contributed by atoms with Gasteiger partial charge in [-0.25, -0.2) is 19.2 Å². The lowest BCUT2D eigenvalue weighted by atomic mass is 9.83. The number of hydrogen-bond donors (Lipinski definition) is 24. The van der Waals surface area contributed by atoms with Crippen molar-refractivity contribution in [3.63, 3.8) is 0 Å². The van der Waals surface area contributed by atoms with E-state index in [2.05, 4.69) is 85.1 Å². The van der Waals surface area contributed by atoms with Gasteiger partial charge in [0.2, 0.25) is 0 Å². The van der Waals surface area contributed by atoms with Crippen LogP contribution in [0.25, 0.3) is 0 Å². The topological polar surface area (TPSA) is 464 Å². The van der Waals surface area contributed by atoms with Gasteiger partial charge in [-0.15, -0.1) is 0 Å². The van der Waals surface area contributed by atoms with Crippen LogP contribution >= 0.6 is 0 Å². The first-order chi connectivity index (χ1) is 42.0. The Balaban J connectivity index is 2.16. The fourth-order valence-electron chi connectivity index (χ4n) is 9.67. The maximum absolute atomic E-state index is 13.6. The van der Waals surface area contributed by atoms with Gasteiger partial charge in [-0.2, -0.15) is 0 Å². The minimum absolute atomic E-state index is 0.126. The van der Waals surface area contributed by atoms with Gasteiger partial charge in [0.25, 0.3) is 0 Å². The van der Waals surface area contributed by atoms with Crippen molar-refractivity contribution < 1.29 is 49.1 Å². The second-order valence-electron chi connectivity index (χ2n) is 22.2. The van der Waals surface area contributed by atoms with Crippen molar-refractivity contribution in [2.75, 3.05) is 164 Å². The van der Waals surface area contributed by atoms with E-state index in [4.69, 9.17) is 32.4 Å². The molecule has 2 rings (SSSR count). The molecule has 1 aliphatic heterocycles. The van der Waals surface area contributed by atoms with Crippen LogP contribution in [0.2, 0.25) is 0 Å². The molecule has 0 aromatic heterocycles. The highest BCUT2D eigenvalue weighted by Gasteiger charge is 2.51. The number of ether oxygens (including phenoxy) is 2. The van der Waals surface area contributed by atoms with Crippen molar-refractivity contribution in [2.24, 2.45) is 22.9 Å². The van der Waals surface area contributed by atoms with E-state index in [0.29, 0.717) is 97.7 Å². The van der Waals surface area contributed by atoms with E-state index >= 15 is 0 Å². The number of aliphatic hydroxyl groups is 4.